The third-order valence-corrected chi connectivity index (χ3v) is 2.94. The van der Waals surface area contributed by atoms with E-state index in [1.807, 2.05) is 13.8 Å². The van der Waals surface area contributed by atoms with E-state index in [2.05, 4.69) is 10.3 Å². The van der Waals surface area contributed by atoms with E-state index in [0.717, 1.165) is 10.8 Å². The Morgan fingerprint density at radius 1 is 1.60 bits per heavy atom. The van der Waals surface area contributed by atoms with Gasteiger partial charge in [0.15, 0.2) is 5.13 Å². The summed E-state index contributed by atoms with van der Waals surface area (Å²) in [4.78, 5) is 16.6. The monoisotopic (exact) mass is 228 g/mol. The lowest BCUT2D eigenvalue weighted by Gasteiger charge is -2.03. The summed E-state index contributed by atoms with van der Waals surface area (Å²) in [6, 6.07) is 0. The highest BCUT2D eigenvalue weighted by Crippen LogP contribution is 2.28. The summed E-state index contributed by atoms with van der Waals surface area (Å²) in [6.45, 7) is 6.21. The van der Waals surface area contributed by atoms with Gasteiger partial charge in [-0.2, -0.15) is 0 Å². The first-order valence-corrected chi connectivity index (χ1v) is 5.77. The summed E-state index contributed by atoms with van der Waals surface area (Å²) in [6.07, 6.45) is 0. The maximum absolute atomic E-state index is 11.6. The van der Waals surface area contributed by atoms with Gasteiger partial charge in [0.1, 0.15) is 4.88 Å². The number of ether oxygens (including phenoxy) is 1. The Kier molecular flexibility index (Phi) is 4.08. The standard InChI is InChI=1S/C10H16N2O2S/c1-5-14-9(13)8-7(6(2)3)12-10(11-4)15-8/h6H,5H2,1-4H3,(H,11,12). The molecule has 1 heterocycles. The van der Waals surface area contributed by atoms with Crippen molar-refractivity contribution in [3.05, 3.63) is 10.6 Å². The quantitative estimate of drug-likeness (QED) is 0.804. The average Bonchev–Trinajstić information content (AvgIpc) is 2.61. The van der Waals surface area contributed by atoms with Crippen molar-refractivity contribution in [2.75, 3.05) is 19.0 Å². The highest BCUT2D eigenvalue weighted by atomic mass is 32.1. The van der Waals surface area contributed by atoms with Crippen molar-refractivity contribution in [3.8, 4) is 0 Å². The fourth-order valence-corrected chi connectivity index (χ4v) is 2.14. The van der Waals surface area contributed by atoms with E-state index >= 15 is 0 Å². The minimum Gasteiger partial charge on any atom is -0.462 e. The average molecular weight is 228 g/mol. The maximum Gasteiger partial charge on any atom is 0.350 e. The van der Waals surface area contributed by atoms with E-state index < -0.39 is 0 Å². The molecule has 15 heavy (non-hydrogen) atoms. The Balaban J connectivity index is 3.03. The molecule has 0 spiro atoms. The van der Waals surface area contributed by atoms with Gasteiger partial charge >= 0.3 is 5.97 Å². The summed E-state index contributed by atoms with van der Waals surface area (Å²) in [5, 5.41) is 3.69. The first kappa shape index (κ1) is 12.0. The minimum absolute atomic E-state index is 0.225. The summed E-state index contributed by atoms with van der Waals surface area (Å²) in [7, 11) is 1.79. The number of nitrogens with zero attached hydrogens (tertiary/aromatic N) is 1. The van der Waals surface area contributed by atoms with Gasteiger partial charge in [0.05, 0.1) is 12.3 Å². The molecule has 0 aliphatic rings. The van der Waals surface area contributed by atoms with Crippen LogP contribution in [0, 0.1) is 0 Å². The lowest BCUT2D eigenvalue weighted by molar-refractivity contribution is 0.0530. The van der Waals surface area contributed by atoms with E-state index in [9.17, 15) is 4.79 Å². The van der Waals surface area contributed by atoms with E-state index in [1.165, 1.54) is 11.3 Å². The number of carbonyl (C=O) groups is 1. The first-order chi connectivity index (χ1) is 7.10. The minimum atomic E-state index is -0.278. The second kappa shape index (κ2) is 5.11. The molecule has 5 heteroatoms. The van der Waals surface area contributed by atoms with E-state index in [4.69, 9.17) is 4.74 Å². The number of aromatic nitrogens is 1. The Hall–Kier alpha value is -1.10. The number of hydrogen-bond donors (Lipinski definition) is 1. The van der Waals surface area contributed by atoms with Gasteiger partial charge in [-0.25, -0.2) is 9.78 Å². The van der Waals surface area contributed by atoms with Crippen molar-refractivity contribution in [2.24, 2.45) is 0 Å². The molecule has 1 aromatic heterocycles. The summed E-state index contributed by atoms with van der Waals surface area (Å²) in [5.41, 5.74) is 0.808. The molecule has 0 saturated carbocycles. The second-order valence-electron chi connectivity index (χ2n) is 3.36. The molecule has 1 aromatic rings. The number of esters is 1. The molecule has 0 fully saturated rings. The molecule has 1 N–H and O–H groups in total. The largest absolute Gasteiger partial charge is 0.462 e. The number of rotatable bonds is 4. The predicted octanol–water partition coefficient (Wildman–Crippen LogP) is 2.48. The Morgan fingerprint density at radius 3 is 2.73 bits per heavy atom. The van der Waals surface area contributed by atoms with Gasteiger partial charge in [-0.3, -0.25) is 0 Å². The zero-order valence-corrected chi connectivity index (χ0v) is 10.3. The van der Waals surface area contributed by atoms with Crippen LogP contribution in [0.5, 0.6) is 0 Å². The van der Waals surface area contributed by atoms with Crippen LogP contribution in [0.3, 0.4) is 0 Å². The number of thiazole rings is 1. The fourth-order valence-electron chi connectivity index (χ4n) is 1.17. The van der Waals surface area contributed by atoms with Crippen molar-refractivity contribution in [1.82, 2.24) is 4.98 Å². The van der Waals surface area contributed by atoms with Gasteiger partial charge in [0, 0.05) is 7.05 Å². The molecule has 0 bridgehead atoms. The van der Waals surface area contributed by atoms with Crippen LogP contribution in [0.25, 0.3) is 0 Å². The van der Waals surface area contributed by atoms with E-state index in [0.29, 0.717) is 11.5 Å². The molecular formula is C10H16N2O2S. The van der Waals surface area contributed by atoms with Crippen molar-refractivity contribution in [2.45, 2.75) is 26.7 Å². The molecule has 1 rings (SSSR count). The van der Waals surface area contributed by atoms with Crippen molar-refractivity contribution in [1.29, 1.82) is 0 Å². The molecule has 0 aromatic carbocycles. The predicted molar refractivity (Wildman–Crippen MR) is 61.7 cm³/mol. The molecule has 0 atom stereocenters. The summed E-state index contributed by atoms with van der Waals surface area (Å²) >= 11 is 1.34. The number of carbonyl (C=O) groups excluding carboxylic acids is 1. The highest BCUT2D eigenvalue weighted by molar-refractivity contribution is 7.17. The van der Waals surface area contributed by atoms with Crippen LogP contribution >= 0.6 is 11.3 Å². The Bertz CT molecular complexity index is 347. The van der Waals surface area contributed by atoms with Gasteiger partial charge in [0.2, 0.25) is 0 Å². The van der Waals surface area contributed by atoms with Gasteiger partial charge in [0.25, 0.3) is 0 Å². The number of nitrogens with one attached hydrogen (secondary N) is 1. The van der Waals surface area contributed by atoms with Crippen molar-refractivity contribution >= 4 is 22.4 Å². The molecule has 84 valence electrons. The summed E-state index contributed by atoms with van der Waals surface area (Å²) < 4.78 is 4.98. The first-order valence-electron chi connectivity index (χ1n) is 4.95. The molecule has 0 aliphatic heterocycles. The highest BCUT2D eigenvalue weighted by Gasteiger charge is 2.20. The SMILES string of the molecule is CCOC(=O)c1sc(NC)nc1C(C)C. The van der Waals surface area contributed by atoms with E-state index in [-0.39, 0.29) is 11.9 Å². The molecular weight excluding hydrogens is 212 g/mol. The third kappa shape index (κ3) is 2.68. The molecule has 0 aliphatic carbocycles. The molecule has 0 radical (unpaired) electrons. The van der Waals surface area contributed by atoms with Gasteiger partial charge in [-0.15, -0.1) is 0 Å². The van der Waals surface area contributed by atoms with Crippen molar-refractivity contribution < 1.29 is 9.53 Å². The molecule has 0 saturated heterocycles. The topological polar surface area (TPSA) is 51.2 Å². The van der Waals surface area contributed by atoms with Gasteiger partial charge in [-0.1, -0.05) is 25.2 Å². The Labute approximate surface area is 93.7 Å². The van der Waals surface area contributed by atoms with Crippen LogP contribution in [0.4, 0.5) is 5.13 Å². The number of anilines is 1. The fraction of sp³-hybridized carbons (Fsp3) is 0.600. The lowest BCUT2D eigenvalue weighted by Crippen LogP contribution is -2.06. The Morgan fingerprint density at radius 2 is 2.27 bits per heavy atom. The van der Waals surface area contributed by atoms with Crippen molar-refractivity contribution in [3.63, 3.8) is 0 Å². The van der Waals surface area contributed by atoms with Crippen LogP contribution in [-0.2, 0) is 4.74 Å². The van der Waals surface area contributed by atoms with Crippen LogP contribution < -0.4 is 5.32 Å². The van der Waals surface area contributed by atoms with Gasteiger partial charge in [-0.05, 0) is 12.8 Å². The smallest absolute Gasteiger partial charge is 0.350 e. The normalized spacial score (nSPS) is 10.5. The lowest BCUT2D eigenvalue weighted by atomic mass is 10.1. The van der Waals surface area contributed by atoms with Gasteiger partial charge < -0.3 is 10.1 Å². The van der Waals surface area contributed by atoms with Crippen LogP contribution in [0.2, 0.25) is 0 Å². The van der Waals surface area contributed by atoms with Crippen LogP contribution in [-0.4, -0.2) is 24.6 Å². The molecule has 4 nitrogen and oxygen atoms in total. The molecule has 0 unspecified atom stereocenters. The zero-order chi connectivity index (χ0) is 11.4. The number of hydrogen-bond acceptors (Lipinski definition) is 5. The van der Waals surface area contributed by atoms with Crippen LogP contribution in [0.1, 0.15) is 42.1 Å². The summed E-state index contributed by atoms with van der Waals surface area (Å²) in [5.74, 6) is -0.0528. The third-order valence-electron chi connectivity index (χ3n) is 1.87. The zero-order valence-electron chi connectivity index (χ0n) is 9.46. The maximum atomic E-state index is 11.6. The molecule has 0 amide bonds. The van der Waals surface area contributed by atoms with E-state index in [1.54, 1.807) is 14.0 Å². The van der Waals surface area contributed by atoms with Crippen LogP contribution in [0.15, 0.2) is 0 Å². The second-order valence-corrected chi connectivity index (χ2v) is 4.36.